The van der Waals surface area contributed by atoms with Crippen molar-refractivity contribution in [2.24, 2.45) is 5.92 Å². The summed E-state index contributed by atoms with van der Waals surface area (Å²) < 4.78 is 0. The average molecular weight is 151 g/mol. The highest BCUT2D eigenvalue weighted by atomic mass is 14.9. The molecule has 0 amide bonds. The van der Waals surface area contributed by atoms with Crippen molar-refractivity contribution in [2.45, 2.75) is 38.6 Å². The van der Waals surface area contributed by atoms with Crippen molar-refractivity contribution < 1.29 is 0 Å². The van der Waals surface area contributed by atoms with E-state index in [1.54, 1.807) is 0 Å². The Morgan fingerprint density at radius 1 is 1.55 bits per heavy atom. The summed E-state index contributed by atoms with van der Waals surface area (Å²) in [5.41, 5.74) is 0. The average Bonchev–Trinajstić information content (AvgIpc) is 2.81. The van der Waals surface area contributed by atoms with Crippen LogP contribution < -0.4 is 5.32 Å². The van der Waals surface area contributed by atoms with Gasteiger partial charge < -0.3 is 5.32 Å². The van der Waals surface area contributed by atoms with E-state index in [-0.39, 0.29) is 0 Å². The second-order valence-electron chi connectivity index (χ2n) is 3.30. The Morgan fingerprint density at radius 2 is 2.27 bits per heavy atom. The standard InChI is InChI=1S/C10H17N/c1-3-4-5-10(11-2)8-9-6-7-9/h9-11H,5-8H2,1-2H3. The molecule has 11 heavy (non-hydrogen) atoms. The molecule has 0 aromatic rings. The van der Waals surface area contributed by atoms with Gasteiger partial charge in [-0.2, -0.15) is 0 Å². The molecule has 1 aliphatic rings. The van der Waals surface area contributed by atoms with E-state index in [4.69, 9.17) is 0 Å². The van der Waals surface area contributed by atoms with Gasteiger partial charge in [0, 0.05) is 12.5 Å². The maximum atomic E-state index is 3.31. The predicted octanol–water partition coefficient (Wildman–Crippen LogP) is 1.79. The molecular weight excluding hydrogens is 134 g/mol. The number of hydrogen-bond donors (Lipinski definition) is 1. The van der Waals surface area contributed by atoms with Gasteiger partial charge in [-0.05, 0) is 26.3 Å². The van der Waals surface area contributed by atoms with Crippen LogP contribution in [0.1, 0.15) is 32.6 Å². The first-order valence-electron chi connectivity index (χ1n) is 4.43. The normalized spacial score (nSPS) is 18.7. The number of rotatable bonds is 4. The van der Waals surface area contributed by atoms with E-state index in [2.05, 4.69) is 17.2 Å². The second-order valence-corrected chi connectivity index (χ2v) is 3.30. The molecule has 1 unspecified atom stereocenters. The number of hydrogen-bond acceptors (Lipinski definition) is 1. The molecule has 1 aliphatic carbocycles. The maximum Gasteiger partial charge on any atom is 0.0243 e. The van der Waals surface area contributed by atoms with Crippen molar-refractivity contribution in [2.75, 3.05) is 7.05 Å². The molecule has 0 aliphatic heterocycles. The van der Waals surface area contributed by atoms with Crippen LogP contribution in [0.2, 0.25) is 0 Å². The van der Waals surface area contributed by atoms with Crippen LogP contribution in [0.3, 0.4) is 0 Å². The molecule has 1 saturated carbocycles. The van der Waals surface area contributed by atoms with Gasteiger partial charge >= 0.3 is 0 Å². The Hall–Kier alpha value is -0.480. The summed E-state index contributed by atoms with van der Waals surface area (Å²) >= 11 is 0. The van der Waals surface area contributed by atoms with Crippen molar-refractivity contribution in [3.8, 4) is 11.8 Å². The summed E-state index contributed by atoms with van der Waals surface area (Å²) in [5, 5.41) is 3.31. The Morgan fingerprint density at radius 3 is 2.73 bits per heavy atom. The fourth-order valence-electron chi connectivity index (χ4n) is 1.28. The summed E-state index contributed by atoms with van der Waals surface area (Å²) in [7, 11) is 2.03. The van der Waals surface area contributed by atoms with Crippen LogP contribution in [0.15, 0.2) is 0 Å². The molecule has 1 rings (SSSR count). The van der Waals surface area contributed by atoms with E-state index in [1.807, 2.05) is 14.0 Å². The van der Waals surface area contributed by atoms with E-state index in [9.17, 15) is 0 Å². The zero-order valence-electron chi connectivity index (χ0n) is 7.48. The molecule has 0 heterocycles. The second kappa shape index (κ2) is 4.41. The third-order valence-electron chi connectivity index (χ3n) is 2.25. The zero-order valence-corrected chi connectivity index (χ0v) is 7.48. The summed E-state index contributed by atoms with van der Waals surface area (Å²) in [6, 6.07) is 0.634. The van der Waals surface area contributed by atoms with Gasteiger partial charge in [0.15, 0.2) is 0 Å². The molecular formula is C10H17N. The lowest BCUT2D eigenvalue weighted by atomic mass is 10.1. The molecule has 1 atom stereocenters. The molecule has 0 spiro atoms. The molecule has 0 bridgehead atoms. The highest BCUT2D eigenvalue weighted by Gasteiger charge is 2.24. The molecule has 1 fully saturated rings. The molecule has 0 aromatic carbocycles. The highest BCUT2D eigenvalue weighted by molar-refractivity contribution is 4.98. The molecule has 0 radical (unpaired) electrons. The Labute approximate surface area is 69.6 Å². The van der Waals surface area contributed by atoms with Crippen LogP contribution in [-0.4, -0.2) is 13.1 Å². The lowest BCUT2D eigenvalue weighted by Gasteiger charge is -2.11. The van der Waals surface area contributed by atoms with Crippen molar-refractivity contribution in [1.29, 1.82) is 0 Å². The minimum Gasteiger partial charge on any atom is -0.316 e. The van der Waals surface area contributed by atoms with Crippen LogP contribution in [0.5, 0.6) is 0 Å². The molecule has 0 saturated heterocycles. The maximum absolute atomic E-state index is 3.31. The van der Waals surface area contributed by atoms with Crippen LogP contribution in [0, 0.1) is 17.8 Å². The third kappa shape index (κ3) is 3.43. The van der Waals surface area contributed by atoms with Crippen LogP contribution in [-0.2, 0) is 0 Å². The van der Waals surface area contributed by atoms with Gasteiger partial charge in [-0.15, -0.1) is 11.8 Å². The minimum atomic E-state index is 0.634. The zero-order chi connectivity index (χ0) is 8.10. The summed E-state index contributed by atoms with van der Waals surface area (Å²) in [6.45, 7) is 1.91. The SMILES string of the molecule is CC#CCC(CC1CC1)NC. The minimum absolute atomic E-state index is 0.634. The van der Waals surface area contributed by atoms with Gasteiger partial charge in [-0.3, -0.25) is 0 Å². The van der Waals surface area contributed by atoms with E-state index in [1.165, 1.54) is 19.3 Å². The monoisotopic (exact) mass is 151 g/mol. The first-order chi connectivity index (χ1) is 5.36. The van der Waals surface area contributed by atoms with Crippen molar-refractivity contribution in [1.82, 2.24) is 5.32 Å². The van der Waals surface area contributed by atoms with Crippen molar-refractivity contribution >= 4 is 0 Å². The third-order valence-corrected chi connectivity index (χ3v) is 2.25. The lowest BCUT2D eigenvalue weighted by Crippen LogP contribution is -2.24. The molecule has 1 nitrogen and oxygen atoms in total. The highest BCUT2D eigenvalue weighted by Crippen LogP contribution is 2.33. The van der Waals surface area contributed by atoms with Gasteiger partial charge in [-0.1, -0.05) is 12.8 Å². The largest absolute Gasteiger partial charge is 0.316 e. The van der Waals surface area contributed by atoms with E-state index in [0.29, 0.717) is 6.04 Å². The van der Waals surface area contributed by atoms with E-state index >= 15 is 0 Å². The van der Waals surface area contributed by atoms with Crippen molar-refractivity contribution in [3.05, 3.63) is 0 Å². The topological polar surface area (TPSA) is 12.0 Å². The molecule has 62 valence electrons. The first kappa shape index (κ1) is 8.62. The van der Waals surface area contributed by atoms with E-state index in [0.717, 1.165) is 12.3 Å². The predicted molar refractivity (Wildman–Crippen MR) is 48.3 cm³/mol. The van der Waals surface area contributed by atoms with Gasteiger partial charge in [0.05, 0.1) is 0 Å². The summed E-state index contributed by atoms with van der Waals surface area (Å²) in [5.74, 6) is 7.06. The Kier molecular flexibility index (Phi) is 3.45. The van der Waals surface area contributed by atoms with Crippen molar-refractivity contribution in [3.63, 3.8) is 0 Å². The van der Waals surface area contributed by atoms with Gasteiger partial charge in [0.2, 0.25) is 0 Å². The lowest BCUT2D eigenvalue weighted by molar-refractivity contribution is 0.502. The smallest absolute Gasteiger partial charge is 0.0243 e. The number of nitrogens with one attached hydrogen (secondary N) is 1. The fourth-order valence-corrected chi connectivity index (χ4v) is 1.28. The fraction of sp³-hybridized carbons (Fsp3) is 0.800. The van der Waals surface area contributed by atoms with E-state index < -0.39 is 0 Å². The van der Waals surface area contributed by atoms with Crippen LogP contribution in [0.25, 0.3) is 0 Å². The Bertz CT molecular complexity index is 159. The van der Waals surface area contributed by atoms with Gasteiger partial charge in [-0.25, -0.2) is 0 Å². The Balaban J connectivity index is 2.15. The summed E-state index contributed by atoms with van der Waals surface area (Å²) in [6.07, 6.45) is 5.23. The van der Waals surface area contributed by atoms with Gasteiger partial charge in [0.25, 0.3) is 0 Å². The molecule has 1 N–H and O–H groups in total. The first-order valence-corrected chi connectivity index (χ1v) is 4.43. The quantitative estimate of drug-likeness (QED) is 0.604. The molecule has 0 aromatic heterocycles. The van der Waals surface area contributed by atoms with Crippen LogP contribution in [0.4, 0.5) is 0 Å². The summed E-state index contributed by atoms with van der Waals surface area (Å²) in [4.78, 5) is 0. The molecule has 1 heteroatoms. The van der Waals surface area contributed by atoms with Gasteiger partial charge in [0.1, 0.15) is 0 Å². The van der Waals surface area contributed by atoms with Crippen LogP contribution >= 0.6 is 0 Å².